The Morgan fingerprint density at radius 1 is 1.21 bits per heavy atom. The minimum Gasteiger partial charge on any atom is -0.383 e. The summed E-state index contributed by atoms with van der Waals surface area (Å²) in [6, 6.07) is 0.576. The van der Waals surface area contributed by atoms with Crippen molar-refractivity contribution in [2.45, 2.75) is 25.9 Å². The van der Waals surface area contributed by atoms with Crippen molar-refractivity contribution in [3.05, 3.63) is 0 Å². The first-order valence-corrected chi connectivity index (χ1v) is 5.09. The number of hydrogen-bond donors (Lipinski definition) is 1. The molecular weight excluding hydrogens is 180 g/mol. The van der Waals surface area contributed by atoms with Gasteiger partial charge in [-0.05, 0) is 13.8 Å². The SMILES string of the molecule is COCCN(CC(C)N)C(C)COC. The van der Waals surface area contributed by atoms with Gasteiger partial charge in [-0.1, -0.05) is 0 Å². The highest BCUT2D eigenvalue weighted by Gasteiger charge is 2.14. The predicted molar refractivity (Wildman–Crippen MR) is 58.4 cm³/mol. The number of hydrogen-bond acceptors (Lipinski definition) is 4. The Bertz CT molecular complexity index is 131. The van der Waals surface area contributed by atoms with E-state index in [-0.39, 0.29) is 6.04 Å². The summed E-state index contributed by atoms with van der Waals surface area (Å²) >= 11 is 0. The first-order valence-electron chi connectivity index (χ1n) is 5.09. The Kier molecular flexibility index (Phi) is 8.08. The van der Waals surface area contributed by atoms with Crippen molar-refractivity contribution in [1.82, 2.24) is 4.90 Å². The van der Waals surface area contributed by atoms with Crippen LogP contribution in [0.3, 0.4) is 0 Å². The fourth-order valence-corrected chi connectivity index (χ4v) is 1.42. The number of rotatable bonds is 8. The van der Waals surface area contributed by atoms with E-state index in [4.69, 9.17) is 15.2 Å². The van der Waals surface area contributed by atoms with E-state index in [1.54, 1.807) is 14.2 Å². The standard InChI is InChI=1S/C10H24N2O2/c1-9(11)7-12(5-6-13-3)10(2)8-14-4/h9-10H,5-8,11H2,1-4H3. The lowest BCUT2D eigenvalue weighted by Crippen LogP contribution is -2.44. The molecule has 0 aromatic rings. The quantitative estimate of drug-likeness (QED) is 0.618. The second-order valence-corrected chi connectivity index (χ2v) is 3.77. The van der Waals surface area contributed by atoms with E-state index in [0.29, 0.717) is 6.04 Å². The molecule has 86 valence electrons. The maximum atomic E-state index is 5.78. The van der Waals surface area contributed by atoms with Crippen LogP contribution in [-0.2, 0) is 9.47 Å². The van der Waals surface area contributed by atoms with E-state index in [1.165, 1.54) is 0 Å². The Morgan fingerprint density at radius 3 is 2.29 bits per heavy atom. The van der Waals surface area contributed by atoms with Crippen LogP contribution in [0.4, 0.5) is 0 Å². The minimum absolute atomic E-state index is 0.186. The van der Waals surface area contributed by atoms with E-state index in [9.17, 15) is 0 Å². The number of methoxy groups -OCH3 is 2. The number of ether oxygens (including phenoxy) is 2. The Morgan fingerprint density at radius 2 is 1.86 bits per heavy atom. The van der Waals surface area contributed by atoms with Crippen molar-refractivity contribution in [1.29, 1.82) is 0 Å². The van der Waals surface area contributed by atoms with Crippen molar-refractivity contribution >= 4 is 0 Å². The van der Waals surface area contributed by atoms with Crippen molar-refractivity contribution in [2.75, 3.05) is 40.5 Å². The van der Waals surface area contributed by atoms with Gasteiger partial charge >= 0.3 is 0 Å². The third-order valence-corrected chi connectivity index (χ3v) is 2.14. The molecule has 0 fully saturated rings. The largest absolute Gasteiger partial charge is 0.383 e. The van der Waals surface area contributed by atoms with E-state index in [0.717, 1.165) is 26.3 Å². The van der Waals surface area contributed by atoms with Gasteiger partial charge in [-0.3, -0.25) is 4.90 Å². The molecule has 14 heavy (non-hydrogen) atoms. The monoisotopic (exact) mass is 204 g/mol. The zero-order chi connectivity index (χ0) is 11.0. The Labute approximate surface area is 87.4 Å². The first kappa shape index (κ1) is 13.8. The van der Waals surface area contributed by atoms with Crippen LogP contribution < -0.4 is 5.73 Å². The summed E-state index contributed by atoms with van der Waals surface area (Å²) < 4.78 is 10.2. The Hall–Kier alpha value is -0.160. The molecule has 0 spiro atoms. The molecule has 4 heteroatoms. The van der Waals surface area contributed by atoms with Crippen molar-refractivity contribution in [2.24, 2.45) is 5.73 Å². The van der Waals surface area contributed by atoms with Gasteiger partial charge in [0, 0.05) is 39.4 Å². The van der Waals surface area contributed by atoms with Crippen LogP contribution in [0.2, 0.25) is 0 Å². The van der Waals surface area contributed by atoms with Gasteiger partial charge in [0.2, 0.25) is 0 Å². The third kappa shape index (κ3) is 6.32. The van der Waals surface area contributed by atoms with E-state index >= 15 is 0 Å². The zero-order valence-corrected chi connectivity index (χ0v) is 9.82. The smallest absolute Gasteiger partial charge is 0.0615 e. The lowest BCUT2D eigenvalue weighted by atomic mass is 10.2. The normalized spacial score (nSPS) is 15.9. The van der Waals surface area contributed by atoms with Gasteiger partial charge in [-0.2, -0.15) is 0 Å². The molecule has 0 rings (SSSR count). The minimum atomic E-state index is 0.186. The molecule has 0 heterocycles. The highest BCUT2D eigenvalue weighted by molar-refractivity contribution is 4.70. The molecule has 0 aliphatic carbocycles. The summed E-state index contributed by atoms with van der Waals surface area (Å²) in [5, 5.41) is 0. The molecular formula is C10H24N2O2. The molecule has 0 bridgehead atoms. The van der Waals surface area contributed by atoms with Crippen molar-refractivity contribution in [3.63, 3.8) is 0 Å². The number of nitrogens with two attached hydrogens (primary N) is 1. The van der Waals surface area contributed by atoms with Crippen LogP contribution in [0.25, 0.3) is 0 Å². The second kappa shape index (κ2) is 8.17. The molecule has 0 aliphatic rings. The fraction of sp³-hybridized carbons (Fsp3) is 1.00. The molecule has 0 aromatic carbocycles. The summed E-state index contributed by atoms with van der Waals surface area (Å²) in [6.45, 7) is 7.41. The maximum Gasteiger partial charge on any atom is 0.0615 e. The highest BCUT2D eigenvalue weighted by Crippen LogP contribution is 2.00. The van der Waals surface area contributed by atoms with Gasteiger partial charge in [-0.15, -0.1) is 0 Å². The van der Waals surface area contributed by atoms with Crippen molar-refractivity contribution < 1.29 is 9.47 Å². The van der Waals surface area contributed by atoms with E-state index in [2.05, 4.69) is 11.8 Å². The summed E-state index contributed by atoms with van der Waals surface area (Å²) in [5.74, 6) is 0. The molecule has 0 saturated heterocycles. The molecule has 2 N–H and O–H groups in total. The maximum absolute atomic E-state index is 5.78. The van der Waals surface area contributed by atoms with Gasteiger partial charge in [0.05, 0.1) is 13.2 Å². The van der Waals surface area contributed by atoms with E-state index in [1.807, 2.05) is 6.92 Å². The van der Waals surface area contributed by atoms with Crippen LogP contribution in [0, 0.1) is 0 Å². The third-order valence-electron chi connectivity index (χ3n) is 2.14. The van der Waals surface area contributed by atoms with Gasteiger partial charge in [0.25, 0.3) is 0 Å². The molecule has 0 radical (unpaired) electrons. The van der Waals surface area contributed by atoms with Gasteiger partial charge in [0.15, 0.2) is 0 Å². The van der Waals surface area contributed by atoms with Crippen LogP contribution >= 0.6 is 0 Å². The summed E-state index contributed by atoms with van der Waals surface area (Å²) in [7, 11) is 3.43. The lowest BCUT2D eigenvalue weighted by molar-refractivity contribution is 0.0724. The van der Waals surface area contributed by atoms with Crippen LogP contribution in [-0.4, -0.2) is 57.5 Å². The van der Waals surface area contributed by atoms with Gasteiger partial charge in [0.1, 0.15) is 0 Å². The summed E-state index contributed by atoms with van der Waals surface area (Å²) in [5.41, 5.74) is 5.78. The van der Waals surface area contributed by atoms with Crippen molar-refractivity contribution in [3.8, 4) is 0 Å². The molecule has 4 nitrogen and oxygen atoms in total. The first-order chi connectivity index (χ1) is 6.61. The lowest BCUT2D eigenvalue weighted by Gasteiger charge is -2.29. The van der Waals surface area contributed by atoms with Crippen LogP contribution in [0.1, 0.15) is 13.8 Å². The average Bonchev–Trinajstić information content (AvgIpc) is 2.12. The highest BCUT2D eigenvalue weighted by atomic mass is 16.5. The van der Waals surface area contributed by atoms with Gasteiger partial charge in [-0.25, -0.2) is 0 Å². The molecule has 0 aliphatic heterocycles. The zero-order valence-electron chi connectivity index (χ0n) is 9.82. The molecule has 0 aromatic heterocycles. The van der Waals surface area contributed by atoms with E-state index < -0.39 is 0 Å². The summed E-state index contributed by atoms with van der Waals surface area (Å²) in [4.78, 5) is 2.29. The van der Waals surface area contributed by atoms with Crippen LogP contribution in [0.15, 0.2) is 0 Å². The molecule has 2 unspecified atom stereocenters. The molecule has 2 atom stereocenters. The predicted octanol–water partition coefficient (Wildman–Crippen LogP) is 0.317. The van der Waals surface area contributed by atoms with Gasteiger partial charge < -0.3 is 15.2 Å². The topological polar surface area (TPSA) is 47.7 Å². The molecule has 0 amide bonds. The summed E-state index contributed by atoms with van der Waals surface area (Å²) in [6.07, 6.45) is 0. The average molecular weight is 204 g/mol. The van der Waals surface area contributed by atoms with Crippen LogP contribution in [0.5, 0.6) is 0 Å². The molecule has 0 saturated carbocycles. The second-order valence-electron chi connectivity index (χ2n) is 3.77. The fourth-order valence-electron chi connectivity index (χ4n) is 1.42. The Balaban J connectivity index is 3.94. The number of nitrogens with zero attached hydrogens (tertiary/aromatic N) is 1.